The van der Waals surface area contributed by atoms with Gasteiger partial charge in [0, 0.05) is 19.3 Å². The summed E-state index contributed by atoms with van der Waals surface area (Å²) in [6.45, 7) is 4.19. The van der Waals surface area contributed by atoms with Gasteiger partial charge in [0.05, 0.1) is 12.5 Å². The zero-order valence-electron chi connectivity index (χ0n) is 13.2. The summed E-state index contributed by atoms with van der Waals surface area (Å²) in [6, 6.07) is 0.868. The van der Waals surface area contributed by atoms with Crippen molar-refractivity contribution in [1.82, 2.24) is 10.2 Å². The summed E-state index contributed by atoms with van der Waals surface area (Å²) >= 11 is 0. The van der Waals surface area contributed by atoms with Gasteiger partial charge in [-0.25, -0.2) is 0 Å². The van der Waals surface area contributed by atoms with Gasteiger partial charge in [-0.2, -0.15) is 5.26 Å². The van der Waals surface area contributed by atoms with Crippen molar-refractivity contribution in [2.24, 2.45) is 5.92 Å². The molecule has 2 N–H and O–H groups in total. The van der Waals surface area contributed by atoms with E-state index in [9.17, 15) is 14.4 Å². The predicted molar refractivity (Wildman–Crippen MR) is 79.9 cm³/mol. The second-order valence-electron chi connectivity index (χ2n) is 5.21. The molecule has 8 heteroatoms. The van der Waals surface area contributed by atoms with Crippen LogP contribution in [0.2, 0.25) is 0 Å². The minimum atomic E-state index is -1.08. The summed E-state index contributed by atoms with van der Waals surface area (Å²) in [5.41, 5.74) is -0.160. The molecule has 1 unspecified atom stereocenters. The van der Waals surface area contributed by atoms with Crippen LogP contribution in [0.15, 0.2) is 11.8 Å². The monoisotopic (exact) mass is 323 g/mol. The van der Waals surface area contributed by atoms with Crippen molar-refractivity contribution in [1.29, 1.82) is 5.26 Å². The third-order valence-corrected chi connectivity index (χ3v) is 3.60. The fourth-order valence-corrected chi connectivity index (χ4v) is 2.17. The second-order valence-corrected chi connectivity index (χ2v) is 5.21. The van der Waals surface area contributed by atoms with E-state index < -0.39 is 17.9 Å². The second kappa shape index (κ2) is 8.78. The van der Waals surface area contributed by atoms with Crippen LogP contribution < -0.4 is 5.32 Å². The van der Waals surface area contributed by atoms with Crippen molar-refractivity contribution in [3.05, 3.63) is 11.8 Å². The van der Waals surface area contributed by atoms with Crippen molar-refractivity contribution in [2.45, 2.75) is 32.7 Å². The molecule has 0 saturated carbocycles. The zero-order chi connectivity index (χ0) is 17.4. The number of amides is 1. The van der Waals surface area contributed by atoms with Gasteiger partial charge in [0.25, 0.3) is 5.91 Å². The van der Waals surface area contributed by atoms with Crippen molar-refractivity contribution in [2.75, 3.05) is 19.7 Å². The Morgan fingerprint density at radius 3 is 2.52 bits per heavy atom. The number of nitrogens with one attached hydrogen (secondary N) is 1. The Kier molecular flexibility index (Phi) is 7.06. The number of likely N-dealkylation sites (tertiary alicyclic amines) is 1. The molecule has 0 bridgehead atoms. The first kappa shape index (κ1) is 18.5. The van der Waals surface area contributed by atoms with Crippen molar-refractivity contribution in [3.63, 3.8) is 0 Å². The highest BCUT2D eigenvalue weighted by atomic mass is 16.5. The molecule has 0 aromatic heterocycles. The number of piperidine rings is 1. The molecule has 0 aromatic carbocycles. The molecule has 1 fully saturated rings. The summed E-state index contributed by atoms with van der Waals surface area (Å²) in [7, 11) is 0. The van der Waals surface area contributed by atoms with Crippen LogP contribution in [0.5, 0.6) is 0 Å². The molecule has 0 aliphatic carbocycles. The molecule has 1 aliphatic rings. The van der Waals surface area contributed by atoms with E-state index in [-0.39, 0.29) is 17.5 Å². The van der Waals surface area contributed by atoms with Gasteiger partial charge in [-0.05, 0) is 26.7 Å². The fourth-order valence-electron chi connectivity index (χ4n) is 2.17. The largest absolute Gasteiger partial charge is 0.480 e. The average Bonchev–Trinajstić information content (AvgIpc) is 2.55. The molecule has 0 spiro atoms. The Hall–Kier alpha value is -2.56. The van der Waals surface area contributed by atoms with Gasteiger partial charge in [0.1, 0.15) is 17.7 Å². The van der Waals surface area contributed by atoms with Crippen LogP contribution in [0.4, 0.5) is 0 Å². The first-order chi connectivity index (χ1) is 10.9. The average molecular weight is 323 g/mol. The number of carbonyl (C=O) groups excluding carboxylic acids is 2. The lowest BCUT2D eigenvalue weighted by Crippen LogP contribution is -2.41. The number of nitrogens with zero attached hydrogens (tertiary/aromatic N) is 2. The van der Waals surface area contributed by atoms with Gasteiger partial charge >= 0.3 is 11.9 Å². The van der Waals surface area contributed by atoms with Crippen LogP contribution in [0.25, 0.3) is 0 Å². The van der Waals surface area contributed by atoms with Gasteiger partial charge in [-0.3, -0.25) is 14.4 Å². The van der Waals surface area contributed by atoms with Crippen LogP contribution >= 0.6 is 0 Å². The quantitative estimate of drug-likeness (QED) is 0.408. The SMILES string of the molecule is CCOC(=O)C1CCN(C(=O)/C(C#N)=C\NC(C)C(=O)O)CC1. The van der Waals surface area contributed by atoms with E-state index in [2.05, 4.69) is 5.32 Å². The molecule has 23 heavy (non-hydrogen) atoms. The highest BCUT2D eigenvalue weighted by Gasteiger charge is 2.29. The van der Waals surface area contributed by atoms with E-state index >= 15 is 0 Å². The van der Waals surface area contributed by atoms with Gasteiger partial charge in [0.15, 0.2) is 0 Å². The normalized spacial score (nSPS) is 17.1. The van der Waals surface area contributed by atoms with Crippen LogP contribution in [0.1, 0.15) is 26.7 Å². The van der Waals surface area contributed by atoms with E-state index in [0.29, 0.717) is 32.5 Å². The van der Waals surface area contributed by atoms with Gasteiger partial charge in [-0.1, -0.05) is 0 Å². The maximum atomic E-state index is 12.2. The highest BCUT2D eigenvalue weighted by molar-refractivity contribution is 5.97. The highest BCUT2D eigenvalue weighted by Crippen LogP contribution is 2.20. The van der Waals surface area contributed by atoms with E-state index in [1.54, 1.807) is 13.0 Å². The lowest BCUT2D eigenvalue weighted by Gasteiger charge is -2.30. The Morgan fingerprint density at radius 1 is 1.43 bits per heavy atom. The number of hydrogen-bond acceptors (Lipinski definition) is 6. The van der Waals surface area contributed by atoms with Crippen LogP contribution in [0.3, 0.4) is 0 Å². The van der Waals surface area contributed by atoms with E-state index in [4.69, 9.17) is 15.1 Å². The predicted octanol–water partition coefficient (Wildman–Crippen LogP) is 0.258. The summed E-state index contributed by atoms with van der Waals surface area (Å²) in [6.07, 6.45) is 2.10. The number of aliphatic carboxylic acids is 1. The maximum absolute atomic E-state index is 12.2. The standard InChI is InChI=1S/C15H21N3O5/c1-3-23-15(22)11-4-6-18(7-5-11)13(19)12(8-16)9-17-10(2)14(20)21/h9-11,17H,3-7H2,1-2H3,(H,20,21)/b12-9-. The molecule has 1 amide bonds. The van der Waals surface area contributed by atoms with Gasteiger partial charge < -0.3 is 20.1 Å². The number of ether oxygens (including phenoxy) is 1. The van der Waals surface area contributed by atoms with E-state index in [1.165, 1.54) is 11.8 Å². The van der Waals surface area contributed by atoms with Gasteiger partial charge in [-0.15, -0.1) is 0 Å². The number of rotatable bonds is 6. The number of esters is 1. The Balaban J connectivity index is 2.60. The number of carboxylic acid groups (broad SMARTS) is 1. The van der Waals surface area contributed by atoms with Crippen molar-refractivity contribution < 1.29 is 24.2 Å². The summed E-state index contributed by atoms with van der Waals surface area (Å²) in [5, 5.41) is 20.3. The Labute approximate surface area is 134 Å². The Bertz CT molecular complexity index is 530. The minimum Gasteiger partial charge on any atom is -0.480 e. The molecule has 0 radical (unpaired) electrons. The molecule has 1 saturated heterocycles. The minimum absolute atomic E-state index is 0.160. The molecule has 0 aromatic rings. The van der Waals surface area contributed by atoms with Crippen LogP contribution in [-0.4, -0.2) is 53.6 Å². The molecule has 1 rings (SSSR count). The summed E-state index contributed by atoms with van der Waals surface area (Å²) < 4.78 is 4.96. The van der Waals surface area contributed by atoms with E-state index in [1.807, 2.05) is 0 Å². The van der Waals surface area contributed by atoms with Crippen molar-refractivity contribution >= 4 is 17.8 Å². The molecular weight excluding hydrogens is 302 g/mol. The van der Waals surface area contributed by atoms with Crippen LogP contribution in [0, 0.1) is 17.2 Å². The number of carbonyl (C=O) groups is 3. The summed E-state index contributed by atoms with van der Waals surface area (Å²) in [5.74, 6) is -2.03. The van der Waals surface area contributed by atoms with E-state index in [0.717, 1.165) is 6.20 Å². The lowest BCUT2D eigenvalue weighted by molar-refractivity contribution is -0.150. The fraction of sp³-hybridized carbons (Fsp3) is 0.600. The number of nitriles is 1. The first-order valence-corrected chi connectivity index (χ1v) is 7.45. The molecule has 1 atom stereocenters. The third kappa shape index (κ3) is 5.29. The van der Waals surface area contributed by atoms with Crippen LogP contribution in [-0.2, 0) is 19.1 Å². The Morgan fingerprint density at radius 2 is 2.04 bits per heavy atom. The number of carboxylic acids is 1. The molecular formula is C15H21N3O5. The molecule has 8 nitrogen and oxygen atoms in total. The zero-order valence-corrected chi connectivity index (χ0v) is 13.2. The smallest absolute Gasteiger partial charge is 0.325 e. The van der Waals surface area contributed by atoms with Gasteiger partial charge in [0.2, 0.25) is 0 Å². The summed E-state index contributed by atoms with van der Waals surface area (Å²) in [4.78, 5) is 36.1. The third-order valence-electron chi connectivity index (χ3n) is 3.60. The molecule has 1 aliphatic heterocycles. The topological polar surface area (TPSA) is 120 Å². The molecule has 126 valence electrons. The maximum Gasteiger partial charge on any atom is 0.325 e. The number of hydrogen-bond donors (Lipinski definition) is 2. The first-order valence-electron chi connectivity index (χ1n) is 7.45. The van der Waals surface area contributed by atoms with Crippen molar-refractivity contribution in [3.8, 4) is 6.07 Å². The molecule has 1 heterocycles. The lowest BCUT2D eigenvalue weighted by atomic mass is 9.96.